The molecule has 0 bridgehead atoms. The highest BCUT2D eigenvalue weighted by Gasteiger charge is 2.46. The van der Waals surface area contributed by atoms with Gasteiger partial charge in [-0.25, -0.2) is 0 Å². The first kappa shape index (κ1) is 17.5. The standard InChI is InChI=1S/C22H29N3O/c1-24(15-18-8-5-7-17-6-3-4-9-19(17)18)21(26)20-14-22(16-25(20)2)10-12-23-13-11-22/h3-9,20,23H,10-16H2,1-2H3/t20-/m1/s1. The van der Waals surface area contributed by atoms with Crippen molar-refractivity contribution >= 4 is 16.7 Å². The Kier molecular flexibility index (Phi) is 4.72. The lowest BCUT2D eigenvalue weighted by Crippen LogP contribution is -2.42. The zero-order valence-corrected chi connectivity index (χ0v) is 15.9. The maximum absolute atomic E-state index is 13.2. The molecule has 4 rings (SSSR count). The molecule has 1 N–H and O–H groups in total. The van der Waals surface area contributed by atoms with E-state index in [-0.39, 0.29) is 11.9 Å². The van der Waals surface area contributed by atoms with Crippen LogP contribution in [0.3, 0.4) is 0 Å². The predicted molar refractivity (Wildman–Crippen MR) is 106 cm³/mol. The summed E-state index contributed by atoms with van der Waals surface area (Å²) in [6.45, 7) is 3.88. The van der Waals surface area contributed by atoms with Crippen molar-refractivity contribution in [1.82, 2.24) is 15.1 Å². The average molecular weight is 351 g/mol. The van der Waals surface area contributed by atoms with Gasteiger partial charge in [0, 0.05) is 20.1 Å². The van der Waals surface area contributed by atoms with Gasteiger partial charge in [0.2, 0.25) is 5.91 Å². The lowest BCUT2D eigenvalue weighted by atomic mass is 9.77. The van der Waals surface area contributed by atoms with Crippen molar-refractivity contribution in [3.63, 3.8) is 0 Å². The summed E-state index contributed by atoms with van der Waals surface area (Å²) in [6.07, 6.45) is 3.38. The molecule has 1 atom stereocenters. The maximum atomic E-state index is 13.2. The van der Waals surface area contributed by atoms with E-state index in [0.717, 1.165) is 26.1 Å². The predicted octanol–water partition coefficient (Wildman–Crippen LogP) is 2.87. The van der Waals surface area contributed by atoms with Crippen molar-refractivity contribution in [2.24, 2.45) is 5.41 Å². The summed E-state index contributed by atoms with van der Waals surface area (Å²) in [5, 5.41) is 5.93. The molecule has 4 nitrogen and oxygen atoms in total. The number of fused-ring (bicyclic) bond motifs is 1. The molecule has 0 radical (unpaired) electrons. The first-order valence-electron chi connectivity index (χ1n) is 9.71. The minimum absolute atomic E-state index is 0.0214. The fourth-order valence-electron chi connectivity index (χ4n) is 4.88. The third-order valence-electron chi connectivity index (χ3n) is 6.36. The number of carbonyl (C=O) groups excluding carboxylic acids is 1. The normalized spacial score (nSPS) is 22.8. The molecule has 1 spiro atoms. The number of amides is 1. The summed E-state index contributed by atoms with van der Waals surface area (Å²) in [5.74, 6) is 0.260. The summed E-state index contributed by atoms with van der Waals surface area (Å²) >= 11 is 0. The van der Waals surface area contributed by atoms with Crippen molar-refractivity contribution in [2.75, 3.05) is 33.7 Å². The number of nitrogens with zero attached hydrogens (tertiary/aromatic N) is 2. The Morgan fingerprint density at radius 2 is 1.92 bits per heavy atom. The number of hydrogen-bond acceptors (Lipinski definition) is 3. The van der Waals surface area contributed by atoms with E-state index in [4.69, 9.17) is 0 Å². The molecule has 0 unspecified atom stereocenters. The highest BCUT2D eigenvalue weighted by molar-refractivity contribution is 5.87. The molecule has 2 aliphatic rings. The number of likely N-dealkylation sites (tertiary alicyclic amines) is 1. The Bertz CT molecular complexity index is 792. The number of carbonyl (C=O) groups is 1. The smallest absolute Gasteiger partial charge is 0.239 e. The second kappa shape index (κ2) is 7.01. The number of benzene rings is 2. The van der Waals surface area contributed by atoms with Crippen LogP contribution in [-0.2, 0) is 11.3 Å². The van der Waals surface area contributed by atoms with Gasteiger partial charge in [-0.05, 0) is 61.2 Å². The number of likely N-dealkylation sites (N-methyl/N-ethyl adjacent to an activating group) is 2. The van der Waals surface area contributed by atoms with E-state index >= 15 is 0 Å². The molecule has 2 aromatic rings. The van der Waals surface area contributed by atoms with Crippen LogP contribution >= 0.6 is 0 Å². The van der Waals surface area contributed by atoms with Gasteiger partial charge in [-0.15, -0.1) is 0 Å². The Hall–Kier alpha value is -1.91. The Balaban J connectivity index is 1.49. The molecule has 0 aromatic heterocycles. The van der Waals surface area contributed by atoms with E-state index in [0.29, 0.717) is 12.0 Å². The minimum Gasteiger partial charge on any atom is -0.340 e. The second-order valence-corrected chi connectivity index (χ2v) is 8.22. The maximum Gasteiger partial charge on any atom is 0.239 e. The van der Waals surface area contributed by atoms with Crippen LogP contribution in [0.2, 0.25) is 0 Å². The van der Waals surface area contributed by atoms with E-state index in [1.165, 1.54) is 29.2 Å². The topological polar surface area (TPSA) is 35.6 Å². The summed E-state index contributed by atoms with van der Waals surface area (Å²) in [7, 11) is 4.07. The van der Waals surface area contributed by atoms with Crippen LogP contribution in [0.15, 0.2) is 42.5 Å². The van der Waals surface area contributed by atoms with Gasteiger partial charge in [-0.1, -0.05) is 42.5 Å². The molecule has 2 fully saturated rings. The Morgan fingerprint density at radius 1 is 1.19 bits per heavy atom. The lowest BCUT2D eigenvalue weighted by molar-refractivity contribution is -0.134. The van der Waals surface area contributed by atoms with Gasteiger partial charge >= 0.3 is 0 Å². The molecule has 2 saturated heterocycles. The molecule has 2 heterocycles. The van der Waals surface area contributed by atoms with Crippen molar-refractivity contribution in [3.8, 4) is 0 Å². The number of rotatable bonds is 3. The quantitative estimate of drug-likeness (QED) is 0.924. The van der Waals surface area contributed by atoms with Gasteiger partial charge in [0.05, 0.1) is 6.04 Å². The summed E-state index contributed by atoms with van der Waals surface area (Å²) in [4.78, 5) is 17.4. The van der Waals surface area contributed by atoms with Crippen LogP contribution in [0.5, 0.6) is 0 Å². The highest BCUT2D eigenvalue weighted by Crippen LogP contribution is 2.41. The summed E-state index contributed by atoms with van der Waals surface area (Å²) in [6, 6.07) is 14.8. The Labute approximate surface area is 156 Å². The Morgan fingerprint density at radius 3 is 2.73 bits per heavy atom. The highest BCUT2D eigenvalue weighted by atomic mass is 16.2. The molecule has 26 heavy (non-hydrogen) atoms. The first-order valence-corrected chi connectivity index (χ1v) is 9.71. The van der Waals surface area contributed by atoms with Crippen molar-refractivity contribution in [3.05, 3.63) is 48.0 Å². The van der Waals surface area contributed by atoms with Crippen molar-refractivity contribution in [1.29, 1.82) is 0 Å². The van der Waals surface area contributed by atoms with Crippen molar-refractivity contribution < 1.29 is 4.79 Å². The minimum atomic E-state index is 0.0214. The van der Waals surface area contributed by atoms with Crippen LogP contribution in [0, 0.1) is 5.41 Å². The third kappa shape index (κ3) is 3.24. The van der Waals surface area contributed by atoms with E-state index in [1.54, 1.807) is 0 Å². The fourth-order valence-corrected chi connectivity index (χ4v) is 4.88. The van der Waals surface area contributed by atoms with Gasteiger partial charge in [0.1, 0.15) is 0 Å². The molecule has 0 aliphatic carbocycles. The summed E-state index contributed by atoms with van der Waals surface area (Å²) in [5.41, 5.74) is 1.55. The second-order valence-electron chi connectivity index (χ2n) is 8.22. The van der Waals surface area contributed by atoms with Crippen LogP contribution in [0.1, 0.15) is 24.8 Å². The zero-order valence-electron chi connectivity index (χ0n) is 15.9. The number of hydrogen-bond donors (Lipinski definition) is 1. The van der Waals surface area contributed by atoms with Crippen LogP contribution in [0.4, 0.5) is 0 Å². The van der Waals surface area contributed by atoms with Crippen LogP contribution in [0.25, 0.3) is 10.8 Å². The van der Waals surface area contributed by atoms with Gasteiger partial charge < -0.3 is 10.2 Å². The lowest BCUT2D eigenvalue weighted by Gasteiger charge is -2.33. The largest absolute Gasteiger partial charge is 0.340 e. The average Bonchev–Trinajstić information content (AvgIpc) is 2.97. The molecule has 0 saturated carbocycles. The van der Waals surface area contributed by atoms with Crippen LogP contribution in [-0.4, -0.2) is 55.5 Å². The van der Waals surface area contributed by atoms with E-state index in [1.807, 2.05) is 11.9 Å². The molecule has 1 amide bonds. The van der Waals surface area contributed by atoms with E-state index in [9.17, 15) is 4.79 Å². The zero-order chi connectivity index (χ0) is 18.1. The van der Waals surface area contributed by atoms with Gasteiger partial charge in [-0.2, -0.15) is 0 Å². The van der Waals surface area contributed by atoms with Gasteiger partial charge in [-0.3, -0.25) is 9.69 Å². The molecule has 2 aromatic carbocycles. The monoisotopic (exact) mass is 351 g/mol. The molecule has 4 heteroatoms. The van der Waals surface area contributed by atoms with Crippen LogP contribution < -0.4 is 5.32 Å². The van der Waals surface area contributed by atoms with Gasteiger partial charge in [0.15, 0.2) is 0 Å². The number of piperidine rings is 1. The molecular weight excluding hydrogens is 322 g/mol. The SMILES string of the molecule is CN(Cc1cccc2ccccc12)C(=O)[C@H]1CC2(CCNCC2)CN1C. The molecule has 2 aliphatic heterocycles. The molecular formula is C22H29N3O. The first-order chi connectivity index (χ1) is 12.6. The van der Waals surface area contributed by atoms with E-state index in [2.05, 4.69) is 59.7 Å². The molecule has 138 valence electrons. The number of nitrogens with one attached hydrogen (secondary N) is 1. The van der Waals surface area contributed by atoms with Crippen molar-refractivity contribution in [2.45, 2.75) is 31.8 Å². The third-order valence-corrected chi connectivity index (χ3v) is 6.36. The van der Waals surface area contributed by atoms with E-state index < -0.39 is 0 Å². The summed E-state index contributed by atoms with van der Waals surface area (Å²) < 4.78 is 0. The fraction of sp³-hybridized carbons (Fsp3) is 0.500. The van der Waals surface area contributed by atoms with Gasteiger partial charge in [0.25, 0.3) is 0 Å².